The predicted molar refractivity (Wildman–Crippen MR) is 81.9 cm³/mol. The number of nitrogen functional groups attached to an aromatic ring is 1. The van der Waals surface area contributed by atoms with Gasteiger partial charge in [-0.2, -0.15) is 5.26 Å². The molecule has 3 nitrogen and oxygen atoms in total. The standard InChI is InChI=1S/C17H19N3/c1-13(16-7-4-8-17(19)10-16)20(2)12-15-6-3-5-14(9-15)11-18/h3-10,13H,12,19H2,1-2H3. The Hall–Kier alpha value is -2.31. The van der Waals surface area contributed by atoms with Crippen LogP contribution in [-0.2, 0) is 6.54 Å². The van der Waals surface area contributed by atoms with E-state index in [0.717, 1.165) is 17.8 Å². The highest BCUT2D eigenvalue weighted by Crippen LogP contribution is 2.22. The Morgan fingerprint density at radius 2 is 1.95 bits per heavy atom. The maximum atomic E-state index is 8.94. The topological polar surface area (TPSA) is 53.0 Å². The lowest BCUT2D eigenvalue weighted by atomic mass is 10.1. The van der Waals surface area contributed by atoms with E-state index in [1.165, 1.54) is 5.56 Å². The van der Waals surface area contributed by atoms with Crippen molar-refractivity contribution in [1.82, 2.24) is 4.90 Å². The average Bonchev–Trinajstić information content (AvgIpc) is 2.46. The van der Waals surface area contributed by atoms with Gasteiger partial charge in [0.1, 0.15) is 0 Å². The molecule has 0 fully saturated rings. The quantitative estimate of drug-likeness (QED) is 0.863. The minimum Gasteiger partial charge on any atom is -0.399 e. The molecule has 2 aromatic carbocycles. The molecule has 0 amide bonds. The normalized spacial score (nSPS) is 12.1. The average molecular weight is 265 g/mol. The Bertz CT molecular complexity index is 628. The highest BCUT2D eigenvalue weighted by Gasteiger charge is 2.12. The van der Waals surface area contributed by atoms with Crippen LogP contribution in [0.15, 0.2) is 48.5 Å². The molecule has 0 saturated heterocycles. The van der Waals surface area contributed by atoms with E-state index in [4.69, 9.17) is 11.0 Å². The summed E-state index contributed by atoms with van der Waals surface area (Å²) in [5, 5.41) is 8.94. The summed E-state index contributed by atoms with van der Waals surface area (Å²) < 4.78 is 0. The van der Waals surface area contributed by atoms with Gasteiger partial charge in [0.05, 0.1) is 11.6 Å². The van der Waals surface area contributed by atoms with Crippen molar-refractivity contribution in [3.8, 4) is 6.07 Å². The Morgan fingerprint density at radius 1 is 1.20 bits per heavy atom. The van der Waals surface area contributed by atoms with Crippen LogP contribution in [0.1, 0.15) is 29.7 Å². The lowest BCUT2D eigenvalue weighted by Gasteiger charge is -2.25. The fourth-order valence-corrected chi connectivity index (χ4v) is 2.24. The summed E-state index contributed by atoms with van der Waals surface area (Å²) in [5.41, 5.74) is 9.66. The first-order chi connectivity index (χ1) is 9.60. The third kappa shape index (κ3) is 3.37. The molecule has 0 aromatic heterocycles. The zero-order valence-electron chi connectivity index (χ0n) is 11.9. The maximum Gasteiger partial charge on any atom is 0.0991 e. The molecule has 2 N–H and O–H groups in total. The first-order valence-corrected chi connectivity index (χ1v) is 6.65. The molecule has 2 rings (SSSR count). The second kappa shape index (κ2) is 6.23. The van der Waals surface area contributed by atoms with Crippen LogP contribution >= 0.6 is 0 Å². The molecule has 1 unspecified atom stereocenters. The lowest BCUT2D eigenvalue weighted by Crippen LogP contribution is -2.22. The summed E-state index contributed by atoms with van der Waals surface area (Å²) >= 11 is 0. The molecule has 20 heavy (non-hydrogen) atoms. The van der Waals surface area contributed by atoms with E-state index >= 15 is 0 Å². The van der Waals surface area contributed by atoms with Gasteiger partial charge in [-0.25, -0.2) is 0 Å². The van der Waals surface area contributed by atoms with Gasteiger partial charge in [-0.3, -0.25) is 4.90 Å². The van der Waals surface area contributed by atoms with Crippen molar-refractivity contribution < 1.29 is 0 Å². The van der Waals surface area contributed by atoms with Crippen LogP contribution in [0.4, 0.5) is 5.69 Å². The van der Waals surface area contributed by atoms with Gasteiger partial charge in [0.15, 0.2) is 0 Å². The van der Waals surface area contributed by atoms with Crippen LogP contribution in [0.25, 0.3) is 0 Å². The molecule has 0 aliphatic rings. The van der Waals surface area contributed by atoms with Crippen LogP contribution in [0.2, 0.25) is 0 Å². The Kier molecular flexibility index (Phi) is 4.39. The molecule has 0 aliphatic carbocycles. The molecule has 0 heterocycles. The van der Waals surface area contributed by atoms with E-state index in [-0.39, 0.29) is 6.04 Å². The Balaban J connectivity index is 2.11. The van der Waals surface area contributed by atoms with E-state index in [1.54, 1.807) is 0 Å². The first kappa shape index (κ1) is 14.1. The summed E-state index contributed by atoms with van der Waals surface area (Å²) in [6.45, 7) is 2.95. The largest absolute Gasteiger partial charge is 0.399 e. The molecule has 3 heteroatoms. The van der Waals surface area contributed by atoms with E-state index in [9.17, 15) is 0 Å². The summed E-state index contributed by atoms with van der Waals surface area (Å²) in [6, 6.07) is 18.1. The fourth-order valence-electron chi connectivity index (χ4n) is 2.24. The number of nitrogens with two attached hydrogens (primary N) is 1. The van der Waals surface area contributed by atoms with Crippen LogP contribution in [-0.4, -0.2) is 11.9 Å². The second-order valence-electron chi connectivity index (χ2n) is 5.07. The molecular formula is C17H19N3. The molecule has 0 spiro atoms. The minimum atomic E-state index is 0.268. The minimum absolute atomic E-state index is 0.268. The Labute approximate surface area is 120 Å². The van der Waals surface area contributed by atoms with Crippen molar-refractivity contribution in [3.63, 3.8) is 0 Å². The Morgan fingerprint density at radius 3 is 2.65 bits per heavy atom. The number of hydrogen-bond acceptors (Lipinski definition) is 3. The second-order valence-corrected chi connectivity index (χ2v) is 5.07. The third-order valence-corrected chi connectivity index (χ3v) is 3.54. The third-order valence-electron chi connectivity index (χ3n) is 3.54. The number of nitrogens with zero attached hydrogens (tertiary/aromatic N) is 2. The SMILES string of the molecule is CC(c1cccc(N)c1)N(C)Cc1cccc(C#N)c1. The van der Waals surface area contributed by atoms with Crippen LogP contribution < -0.4 is 5.73 Å². The van der Waals surface area contributed by atoms with Gasteiger partial charge in [-0.1, -0.05) is 24.3 Å². The fraction of sp³-hybridized carbons (Fsp3) is 0.235. The van der Waals surface area contributed by atoms with E-state index in [2.05, 4.69) is 31.0 Å². The van der Waals surface area contributed by atoms with Crippen LogP contribution in [0, 0.1) is 11.3 Å². The molecular weight excluding hydrogens is 246 g/mol. The van der Waals surface area contributed by atoms with Crippen molar-refractivity contribution in [3.05, 3.63) is 65.2 Å². The van der Waals surface area contributed by atoms with E-state index in [0.29, 0.717) is 5.56 Å². The van der Waals surface area contributed by atoms with Gasteiger partial charge in [-0.15, -0.1) is 0 Å². The highest BCUT2D eigenvalue weighted by atomic mass is 15.1. The van der Waals surface area contributed by atoms with Crippen molar-refractivity contribution in [2.45, 2.75) is 19.5 Å². The number of nitriles is 1. The zero-order valence-corrected chi connectivity index (χ0v) is 11.9. The van der Waals surface area contributed by atoms with Gasteiger partial charge in [-0.05, 0) is 49.4 Å². The maximum absolute atomic E-state index is 8.94. The molecule has 0 bridgehead atoms. The smallest absolute Gasteiger partial charge is 0.0991 e. The number of benzene rings is 2. The molecule has 0 radical (unpaired) electrons. The summed E-state index contributed by atoms with van der Waals surface area (Å²) in [6.07, 6.45) is 0. The number of anilines is 1. The van der Waals surface area contributed by atoms with Gasteiger partial charge in [0.2, 0.25) is 0 Å². The monoisotopic (exact) mass is 265 g/mol. The van der Waals surface area contributed by atoms with E-state index in [1.807, 2.05) is 42.5 Å². The molecule has 2 aromatic rings. The lowest BCUT2D eigenvalue weighted by molar-refractivity contribution is 0.253. The zero-order chi connectivity index (χ0) is 14.5. The number of rotatable bonds is 4. The highest BCUT2D eigenvalue weighted by molar-refractivity contribution is 5.41. The molecule has 0 saturated carbocycles. The van der Waals surface area contributed by atoms with Gasteiger partial charge in [0.25, 0.3) is 0 Å². The van der Waals surface area contributed by atoms with Crippen molar-refractivity contribution >= 4 is 5.69 Å². The van der Waals surface area contributed by atoms with Crippen molar-refractivity contribution in [2.75, 3.05) is 12.8 Å². The number of hydrogen-bond donors (Lipinski definition) is 1. The summed E-state index contributed by atoms with van der Waals surface area (Å²) in [5.74, 6) is 0. The van der Waals surface area contributed by atoms with Crippen molar-refractivity contribution in [1.29, 1.82) is 5.26 Å². The van der Waals surface area contributed by atoms with E-state index < -0.39 is 0 Å². The van der Waals surface area contributed by atoms with Crippen LogP contribution in [0.3, 0.4) is 0 Å². The van der Waals surface area contributed by atoms with Crippen molar-refractivity contribution in [2.24, 2.45) is 0 Å². The van der Waals surface area contributed by atoms with Gasteiger partial charge < -0.3 is 5.73 Å². The summed E-state index contributed by atoms with van der Waals surface area (Å²) in [7, 11) is 2.08. The van der Waals surface area contributed by atoms with Gasteiger partial charge in [0, 0.05) is 18.3 Å². The molecule has 0 aliphatic heterocycles. The van der Waals surface area contributed by atoms with Gasteiger partial charge >= 0.3 is 0 Å². The predicted octanol–water partition coefficient (Wildman–Crippen LogP) is 3.33. The molecule has 102 valence electrons. The summed E-state index contributed by atoms with van der Waals surface area (Å²) in [4.78, 5) is 2.24. The molecule has 1 atom stereocenters. The first-order valence-electron chi connectivity index (χ1n) is 6.65. The van der Waals surface area contributed by atoms with Crippen LogP contribution in [0.5, 0.6) is 0 Å².